The van der Waals surface area contributed by atoms with Crippen molar-refractivity contribution in [1.29, 1.82) is 0 Å². The van der Waals surface area contributed by atoms with Crippen molar-refractivity contribution in [2.24, 2.45) is 4.99 Å². The highest BCUT2D eigenvalue weighted by Crippen LogP contribution is 2.24. The number of carbonyl (C=O) groups is 1. The van der Waals surface area contributed by atoms with Gasteiger partial charge in [-0.05, 0) is 37.6 Å². The van der Waals surface area contributed by atoms with E-state index in [1.165, 1.54) is 0 Å². The predicted octanol–water partition coefficient (Wildman–Crippen LogP) is 4.83. The number of halogens is 1. The fraction of sp³-hybridized carbons (Fsp3) is 0.263. The quantitative estimate of drug-likeness (QED) is 0.734. The number of amidine groups is 1. The summed E-state index contributed by atoms with van der Waals surface area (Å²) in [6.07, 6.45) is 1.08. The molecule has 0 aliphatic carbocycles. The van der Waals surface area contributed by atoms with Crippen LogP contribution in [0.5, 0.6) is 0 Å². The molecule has 0 radical (unpaired) electrons. The van der Waals surface area contributed by atoms with Crippen LogP contribution in [-0.4, -0.2) is 29.8 Å². The average molecular weight is 359 g/mol. The Bertz CT molecular complexity index is 741. The molecule has 3 rings (SSSR count). The second kappa shape index (κ2) is 7.86. The molecule has 0 spiro atoms. The van der Waals surface area contributed by atoms with Gasteiger partial charge < -0.3 is 4.90 Å². The number of ketones is 1. The van der Waals surface area contributed by atoms with Crippen LogP contribution >= 0.6 is 23.4 Å². The molecule has 124 valence electrons. The molecule has 24 heavy (non-hydrogen) atoms. The van der Waals surface area contributed by atoms with Gasteiger partial charge in [-0.25, -0.2) is 0 Å². The number of rotatable bonds is 4. The summed E-state index contributed by atoms with van der Waals surface area (Å²) in [7, 11) is 0. The van der Waals surface area contributed by atoms with Crippen molar-refractivity contribution in [2.45, 2.75) is 13.3 Å². The first-order chi connectivity index (χ1) is 11.6. The Morgan fingerprint density at radius 3 is 2.50 bits per heavy atom. The van der Waals surface area contributed by atoms with Crippen molar-refractivity contribution in [1.82, 2.24) is 0 Å². The van der Waals surface area contributed by atoms with Crippen molar-refractivity contribution < 1.29 is 4.79 Å². The number of carbonyl (C=O) groups excluding carboxylic acids is 1. The van der Waals surface area contributed by atoms with E-state index >= 15 is 0 Å². The van der Waals surface area contributed by atoms with Crippen LogP contribution in [-0.2, 0) is 0 Å². The Balaban J connectivity index is 1.86. The Morgan fingerprint density at radius 1 is 1.17 bits per heavy atom. The van der Waals surface area contributed by atoms with Crippen LogP contribution in [0.25, 0.3) is 0 Å². The molecule has 0 amide bonds. The SMILES string of the molecule is Cc1ccc(C(=O)CN(C2=NCCCS2)c2ccc(Cl)cc2)cc1. The Kier molecular flexibility index (Phi) is 5.59. The van der Waals surface area contributed by atoms with Gasteiger partial charge in [0.1, 0.15) is 0 Å². The standard InChI is InChI=1S/C19H19ClN2OS/c1-14-3-5-15(6-4-14)18(23)13-22(19-21-11-2-12-24-19)17-9-7-16(20)8-10-17/h3-10H,2,11-13H2,1H3. The minimum Gasteiger partial charge on any atom is -0.313 e. The number of Topliss-reactive ketones (excluding diaryl/α,β-unsaturated/α-hetero) is 1. The zero-order valence-corrected chi connectivity index (χ0v) is 15.1. The molecular formula is C19H19ClN2OS. The number of hydrogen-bond acceptors (Lipinski definition) is 4. The first kappa shape index (κ1) is 17.1. The maximum Gasteiger partial charge on any atom is 0.182 e. The van der Waals surface area contributed by atoms with E-state index in [4.69, 9.17) is 11.6 Å². The summed E-state index contributed by atoms with van der Waals surface area (Å²) >= 11 is 7.70. The van der Waals surface area contributed by atoms with Gasteiger partial charge in [-0.3, -0.25) is 9.79 Å². The molecule has 0 saturated heterocycles. The molecule has 1 heterocycles. The van der Waals surface area contributed by atoms with Gasteiger partial charge >= 0.3 is 0 Å². The summed E-state index contributed by atoms with van der Waals surface area (Å²) in [4.78, 5) is 19.3. The highest BCUT2D eigenvalue weighted by Gasteiger charge is 2.20. The van der Waals surface area contributed by atoms with Crippen LogP contribution in [0.2, 0.25) is 5.02 Å². The third-order valence-electron chi connectivity index (χ3n) is 3.83. The predicted molar refractivity (Wildman–Crippen MR) is 104 cm³/mol. The number of anilines is 1. The second-order valence-corrected chi connectivity index (χ2v) is 7.22. The van der Waals surface area contributed by atoms with Crippen molar-refractivity contribution >= 4 is 40.0 Å². The first-order valence-corrected chi connectivity index (χ1v) is 9.30. The van der Waals surface area contributed by atoms with E-state index in [-0.39, 0.29) is 12.3 Å². The number of benzene rings is 2. The van der Waals surface area contributed by atoms with Crippen LogP contribution in [0.3, 0.4) is 0 Å². The summed E-state index contributed by atoms with van der Waals surface area (Å²) in [6.45, 7) is 3.10. The summed E-state index contributed by atoms with van der Waals surface area (Å²) in [5, 5.41) is 1.59. The second-order valence-electron chi connectivity index (χ2n) is 5.72. The zero-order valence-electron chi connectivity index (χ0n) is 13.5. The summed E-state index contributed by atoms with van der Waals surface area (Å²) in [5.41, 5.74) is 2.81. The molecule has 0 aromatic heterocycles. The topological polar surface area (TPSA) is 32.7 Å². The normalized spacial score (nSPS) is 14.2. The van der Waals surface area contributed by atoms with Crippen molar-refractivity contribution in [3.05, 3.63) is 64.7 Å². The Hall–Kier alpha value is -1.78. The molecule has 0 unspecified atom stereocenters. The lowest BCUT2D eigenvalue weighted by molar-refractivity contribution is 0.100. The lowest BCUT2D eigenvalue weighted by atomic mass is 10.1. The van der Waals surface area contributed by atoms with Crippen molar-refractivity contribution in [3.8, 4) is 0 Å². The van der Waals surface area contributed by atoms with E-state index in [1.54, 1.807) is 11.8 Å². The van der Waals surface area contributed by atoms with Crippen LogP contribution < -0.4 is 4.90 Å². The minimum atomic E-state index is 0.0822. The van der Waals surface area contributed by atoms with Gasteiger partial charge in [-0.2, -0.15) is 0 Å². The highest BCUT2D eigenvalue weighted by atomic mass is 35.5. The van der Waals surface area contributed by atoms with Gasteiger partial charge in [0.15, 0.2) is 11.0 Å². The molecule has 0 saturated carbocycles. The Labute approximate surface area is 151 Å². The monoisotopic (exact) mass is 358 g/mol. The van der Waals surface area contributed by atoms with E-state index in [2.05, 4.69) is 4.99 Å². The van der Waals surface area contributed by atoms with Crippen molar-refractivity contribution in [3.63, 3.8) is 0 Å². The number of aliphatic imine (C=N–C) groups is 1. The third kappa shape index (κ3) is 4.19. The van der Waals surface area contributed by atoms with E-state index in [0.717, 1.165) is 40.7 Å². The number of hydrogen-bond donors (Lipinski definition) is 0. The molecule has 1 aliphatic heterocycles. The fourth-order valence-electron chi connectivity index (χ4n) is 2.48. The minimum absolute atomic E-state index is 0.0822. The van der Waals surface area contributed by atoms with Gasteiger partial charge in [0.2, 0.25) is 0 Å². The lowest BCUT2D eigenvalue weighted by Gasteiger charge is -2.27. The van der Waals surface area contributed by atoms with E-state index < -0.39 is 0 Å². The fourth-order valence-corrected chi connectivity index (χ4v) is 3.57. The van der Waals surface area contributed by atoms with Crippen LogP contribution in [0, 0.1) is 6.92 Å². The Morgan fingerprint density at radius 2 is 1.88 bits per heavy atom. The summed E-state index contributed by atoms with van der Waals surface area (Å²) in [6, 6.07) is 15.2. The highest BCUT2D eigenvalue weighted by molar-refractivity contribution is 8.14. The maximum atomic E-state index is 12.7. The molecule has 2 aromatic rings. The smallest absolute Gasteiger partial charge is 0.182 e. The van der Waals surface area contributed by atoms with Gasteiger partial charge in [0, 0.05) is 28.6 Å². The number of nitrogens with zero attached hydrogens (tertiary/aromatic N) is 2. The molecule has 5 heteroatoms. The largest absolute Gasteiger partial charge is 0.313 e. The number of thioether (sulfide) groups is 1. The maximum absolute atomic E-state index is 12.7. The molecule has 2 aromatic carbocycles. The van der Waals surface area contributed by atoms with E-state index in [1.807, 2.05) is 60.4 Å². The molecular weight excluding hydrogens is 340 g/mol. The third-order valence-corrected chi connectivity index (χ3v) is 5.18. The first-order valence-electron chi connectivity index (χ1n) is 7.94. The van der Waals surface area contributed by atoms with Crippen LogP contribution in [0.4, 0.5) is 5.69 Å². The summed E-state index contributed by atoms with van der Waals surface area (Å²) < 4.78 is 0. The van der Waals surface area contributed by atoms with Gasteiger partial charge in [0.25, 0.3) is 0 Å². The van der Waals surface area contributed by atoms with Gasteiger partial charge in [-0.15, -0.1) is 0 Å². The molecule has 3 nitrogen and oxygen atoms in total. The molecule has 0 bridgehead atoms. The van der Waals surface area contributed by atoms with Crippen LogP contribution in [0.15, 0.2) is 53.5 Å². The average Bonchev–Trinajstić information content (AvgIpc) is 2.62. The number of aryl methyl sites for hydroxylation is 1. The molecule has 0 atom stereocenters. The van der Waals surface area contributed by atoms with Gasteiger partial charge in [0.05, 0.1) is 6.54 Å². The van der Waals surface area contributed by atoms with E-state index in [9.17, 15) is 4.79 Å². The van der Waals surface area contributed by atoms with Gasteiger partial charge in [-0.1, -0.05) is 53.2 Å². The van der Waals surface area contributed by atoms with E-state index in [0.29, 0.717) is 5.02 Å². The molecule has 0 N–H and O–H groups in total. The van der Waals surface area contributed by atoms with Crippen LogP contribution in [0.1, 0.15) is 22.3 Å². The van der Waals surface area contributed by atoms with Crippen molar-refractivity contribution in [2.75, 3.05) is 23.7 Å². The molecule has 1 aliphatic rings. The molecule has 0 fully saturated rings. The zero-order chi connectivity index (χ0) is 16.9. The lowest BCUT2D eigenvalue weighted by Crippen LogP contribution is -2.35. The summed E-state index contributed by atoms with van der Waals surface area (Å²) in [5.74, 6) is 1.11.